The second-order valence-electron chi connectivity index (χ2n) is 18.5. The monoisotopic (exact) mass is 918 g/mol. The molecule has 0 bridgehead atoms. The molecule has 0 aromatic heterocycles. The highest BCUT2D eigenvalue weighted by Gasteiger charge is 2.79. The van der Waals surface area contributed by atoms with Crippen molar-refractivity contribution in [3.8, 4) is 0 Å². The number of benzene rings is 6. The molecule has 6 aromatic carbocycles. The van der Waals surface area contributed by atoms with Crippen molar-refractivity contribution >= 4 is 5.97 Å². The quantitative estimate of drug-likeness (QED) is 0.0716. The van der Waals surface area contributed by atoms with Gasteiger partial charge in [0.25, 0.3) is 0 Å². The van der Waals surface area contributed by atoms with E-state index in [2.05, 4.69) is 6.92 Å². The van der Waals surface area contributed by atoms with Crippen molar-refractivity contribution in [3.05, 3.63) is 215 Å². The Hall–Kier alpha value is -5.57. The Balaban J connectivity index is 0.998. The van der Waals surface area contributed by atoms with Gasteiger partial charge in [-0.2, -0.15) is 0 Å². The Labute approximate surface area is 397 Å². The first-order valence-electron chi connectivity index (χ1n) is 23.6. The van der Waals surface area contributed by atoms with Gasteiger partial charge in [-0.25, -0.2) is 4.79 Å². The summed E-state index contributed by atoms with van der Waals surface area (Å²) in [5.41, 5.74) is 4.23. The molecule has 6 aromatic rings. The van der Waals surface area contributed by atoms with E-state index < -0.39 is 90.5 Å². The predicted molar refractivity (Wildman–Crippen MR) is 251 cm³/mol. The maximum absolute atomic E-state index is 14.1. The summed E-state index contributed by atoms with van der Waals surface area (Å²) in [4.78, 5) is 14.1. The van der Waals surface area contributed by atoms with E-state index in [0.29, 0.717) is 18.8 Å². The molecule has 0 amide bonds. The minimum atomic E-state index is -1.72. The molecule has 11 heteroatoms. The van der Waals surface area contributed by atoms with Crippen LogP contribution in [0.15, 0.2) is 182 Å². The van der Waals surface area contributed by atoms with E-state index in [9.17, 15) is 15.0 Å². The lowest BCUT2D eigenvalue weighted by Gasteiger charge is -2.60. The zero-order valence-corrected chi connectivity index (χ0v) is 38.0. The first kappa shape index (κ1) is 46.2. The number of aliphatic hydroxyl groups excluding tert-OH is 2. The Morgan fingerprint density at radius 1 is 0.500 bits per heavy atom. The Morgan fingerprint density at radius 3 is 1.32 bits per heavy atom. The van der Waals surface area contributed by atoms with Crippen LogP contribution in [0.4, 0.5) is 0 Å². The normalized spacial score (nSPS) is 31.2. The Morgan fingerprint density at radius 2 is 0.882 bits per heavy atom. The first-order chi connectivity index (χ1) is 33.4. The van der Waals surface area contributed by atoms with E-state index in [1.807, 2.05) is 158 Å². The van der Waals surface area contributed by atoms with E-state index in [1.54, 1.807) is 24.3 Å². The average Bonchev–Trinajstić information content (AvgIpc) is 3.72. The average molecular weight is 919 g/mol. The molecule has 1 aliphatic heterocycles. The summed E-state index contributed by atoms with van der Waals surface area (Å²) in [6.45, 7) is 2.89. The van der Waals surface area contributed by atoms with Crippen LogP contribution in [0.5, 0.6) is 0 Å². The third kappa shape index (κ3) is 9.07. The van der Waals surface area contributed by atoms with Crippen LogP contribution < -0.4 is 0 Å². The van der Waals surface area contributed by atoms with Crippen LogP contribution in [0.3, 0.4) is 0 Å². The Kier molecular flexibility index (Phi) is 14.0. The van der Waals surface area contributed by atoms with E-state index in [0.717, 1.165) is 27.8 Å². The van der Waals surface area contributed by atoms with Crippen molar-refractivity contribution in [2.24, 2.45) is 23.2 Å². The number of carbonyl (C=O) groups excluding carboxylic acids is 1. The van der Waals surface area contributed by atoms with Crippen molar-refractivity contribution in [2.45, 2.75) is 94.8 Å². The largest absolute Gasteiger partial charge is 0.428 e. The van der Waals surface area contributed by atoms with Gasteiger partial charge in [0.15, 0.2) is 6.29 Å². The van der Waals surface area contributed by atoms with E-state index in [-0.39, 0.29) is 19.8 Å². The molecule has 4 fully saturated rings. The summed E-state index contributed by atoms with van der Waals surface area (Å²) in [7, 11) is 0. The first-order valence-corrected chi connectivity index (χ1v) is 23.6. The van der Waals surface area contributed by atoms with Crippen molar-refractivity contribution in [1.82, 2.24) is 0 Å². The van der Waals surface area contributed by atoms with Crippen molar-refractivity contribution in [2.75, 3.05) is 6.61 Å². The summed E-state index contributed by atoms with van der Waals surface area (Å²) < 4.78 is 54.6. The fourth-order valence-corrected chi connectivity index (χ4v) is 11.0. The van der Waals surface area contributed by atoms with Crippen molar-refractivity contribution < 1.29 is 52.9 Å². The van der Waals surface area contributed by atoms with Crippen LogP contribution in [0.25, 0.3) is 0 Å². The van der Waals surface area contributed by atoms with E-state index in [4.69, 9.17) is 37.9 Å². The molecule has 13 unspecified atom stereocenters. The number of esters is 1. The van der Waals surface area contributed by atoms with Crippen LogP contribution >= 0.6 is 0 Å². The molecule has 68 heavy (non-hydrogen) atoms. The molecule has 13 atom stereocenters. The fraction of sp³-hybridized carbons (Fsp3) is 0.351. The van der Waals surface area contributed by atoms with E-state index >= 15 is 0 Å². The second kappa shape index (κ2) is 20.6. The number of hydrogen-bond donors (Lipinski definition) is 2. The Bertz CT molecular complexity index is 2520. The van der Waals surface area contributed by atoms with Gasteiger partial charge < -0.3 is 48.1 Å². The minimum absolute atomic E-state index is 0.197. The van der Waals surface area contributed by atoms with Gasteiger partial charge in [-0.05, 0) is 39.9 Å². The third-order valence-corrected chi connectivity index (χ3v) is 14.4. The minimum Gasteiger partial charge on any atom is -0.428 e. The molecule has 0 radical (unpaired) electrons. The summed E-state index contributed by atoms with van der Waals surface area (Å²) in [5, 5.41) is 23.8. The van der Waals surface area contributed by atoms with E-state index in [1.165, 1.54) is 0 Å². The number of rotatable bonds is 20. The van der Waals surface area contributed by atoms with Crippen molar-refractivity contribution in [3.63, 3.8) is 0 Å². The summed E-state index contributed by atoms with van der Waals surface area (Å²) in [6.07, 6.45) is -6.39. The van der Waals surface area contributed by atoms with Crippen LogP contribution in [0.2, 0.25) is 0 Å². The van der Waals surface area contributed by atoms with Gasteiger partial charge in [0.1, 0.15) is 12.0 Å². The van der Waals surface area contributed by atoms with Crippen LogP contribution in [-0.2, 0) is 70.9 Å². The molecule has 4 aliphatic rings. The van der Waals surface area contributed by atoms with Crippen LogP contribution in [-0.4, -0.2) is 77.6 Å². The van der Waals surface area contributed by atoms with Crippen LogP contribution in [0.1, 0.15) is 45.1 Å². The smallest absolute Gasteiger partial charge is 0.340 e. The number of hydrogen-bond acceptors (Lipinski definition) is 11. The maximum Gasteiger partial charge on any atom is 0.340 e. The molecule has 0 spiro atoms. The van der Waals surface area contributed by atoms with Gasteiger partial charge >= 0.3 is 5.97 Å². The van der Waals surface area contributed by atoms with Crippen LogP contribution in [0, 0.1) is 23.2 Å². The van der Waals surface area contributed by atoms with Gasteiger partial charge in [-0.15, -0.1) is 0 Å². The molecule has 3 saturated carbocycles. The molecule has 10 rings (SSSR count). The molecular weight excluding hydrogens is 861 g/mol. The lowest BCUT2D eigenvalue weighted by molar-refractivity contribution is -0.459. The second-order valence-corrected chi connectivity index (χ2v) is 18.5. The number of aliphatic hydroxyl groups is 2. The van der Waals surface area contributed by atoms with Gasteiger partial charge in [0, 0.05) is 11.3 Å². The molecular formula is C57H58O11. The predicted octanol–water partition coefficient (Wildman–Crippen LogP) is 8.46. The fourth-order valence-electron chi connectivity index (χ4n) is 11.0. The van der Waals surface area contributed by atoms with Crippen molar-refractivity contribution in [1.29, 1.82) is 0 Å². The summed E-state index contributed by atoms with van der Waals surface area (Å²) >= 11 is 0. The molecule has 1 heterocycles. The van der Waals surface area contributed by atoms with Gasteiger partial charge in [-0.1, -0.05) is 177 Å². The number of carbonyl (C=O) groups is 1. The highest BCUT2D eigenvalue weighted by atomic mass is 16.8. The molecule has 2 N–H and O–H groups in total. The zero-order valence-electron chi connectivity index (χ0n) is 38.0. The highest BCUT2D eigenvalue weighted by molar-refractivity contribution is 5.89. The molecule has 3 aliphatic carbocycles. The zero-order chi connectivity index (χ0) is 46.5. The SMILES string of the molecule is CC12C(OC3OC4(OC(=O)c5ccccc5)C(CO)C(OCc5ccccc5)C(OCc5ccccc5)C34)C(O)C1C(OCc1ccccc1)C(OCc1ccccc1)C2OCc1ccccc1. The number of ether oxygens (including phenoxy) is 8. The molecule has 352 valence electrons. The highest BCUT2D eigenvalue weighted by Crippen LogP contribution is 2.64. The summed E-state index contributed by atoms with van der Waals surface area (Å²) in [5.74, 6) is -4.49. The molecule has 1 saturated heterocycles. The van der Waals surface area contributed by atoms with Gasteiger partial charge in [-0.3, -0.25) is 0 Å². The van der Waals surface area contributed by atoms with Gasteiger partial charge in [0.05, 0.1) is 87.7 Å². The standard InChI is InChI=1S/C57H58O11/c1-56-45(49(62-34-39-22-10-3-11-23-39)51(64-36-41-26-14-5-15-27-41)53(56)65-37-42-28-16-6-17-29-42)47(59)52(56)66-55-46-50(63-35-40-24-12-4-13-25-40)48(61-33-38-20-8-2-9-21-38)44(32-58)57(46,68-55)67-54(60)43-30-18-7-19-31-43/h2-31,44-53,55,58-59H,32-37H2,1H3. The molecule has 11 nitrogen and oxygen atoms in total. The van der Waals surface area contributed by atoms with Gasteiger partial charge in [0.2, 0.25) is 5.79 Å². The maximum atomic E-state index is 14.1. The third-order valence-electron chi connectivity index (χ3n) is 14.4. The topological polar surface area (TPSA) is 131 Å². The lowest BCUT2D eigenvalue weighted by Crippen LogP contribution is -2.72. The lowest BCUT2D eigenvalue weighted by atomic mass is 9.57. The number of fused-ring (bicyclic) bond motifs is 2. The summed E-state index contributed by atoms with van der Waals surface area (Å²) in [6, 6.07) is 58.1.